The van der Waals surface area contributed by atoms with E-state index in [2.05, 4.69) is 20.8 Å². The molecule has 1 aromatic heterocycles. The number of rotatable bonds is 4. The molecule has 2 rings (SSSR count). The van der Waals surface area contributed by atoms with Gasteiger partial charge in [-0.3, -0.25) is 20.6 Å². The molecule has 6 heteroatoms. The first-order valence-corrected chi connectivity index (χ1v) is 5.53. The van der Waals surface area contributed by atoms with Crippen LogP contribution < -0.4 is 10.9 Å². The fourth-order valence-corrected chi connectivity index (χ4v) is 1.35. The van der Waals surface area contributed by atoms with E-state index in [1.54, 1.807) is 30.3 Å². The van der Waals surface area contributed by atoms with Crippen molar-refractivity contribution in [2.75, 3.05) is 0 Å². The number of aromatic hydroxyl groups is 1. The van der Waals surface area contributed by atoms with Gasteiger partial charge in [0.25, 0.3) is 5.91 Å². The predicted molar refractivity (Wildman–Crippen MR) is 71.1 cm³/mol. The lowest BCUT2D eigenvalue weighted by molar-refractivity contribution is 0.0944. The van der Waals surface area contributed by atoms with Gasteiger partial charge in [0, 0.05) is 24.0 Å². The molecule has 19 heavy (non-hydrogen) atoms. The number of nitrogens with zero attached hydrogens (tertiary/aromatic N) is 2. The maximum absolute atomic E-state index is 11.6. The van der Waals surface area contributed by atoms with Gasteiger partial charge < -0.3 is 5.11 Å². The first-order chi connectivity index (χ1) is 9.25. The Morgan fingerprint density at radius 2 is 2.05 bits per heavy atom. The number of phenols is 1. The highest BCUT2D eigenvalue weighted by Gasteiger charge is 2.01. The van der Waals surface area contributed by atoms with E-state index in [0.717, 1.165) is 0 Å². The number of aromatic nitrogens is 1. The molecule has 1 amide bonds. The molecule has 0 atom stereocenters. The van der Waals surface area contributed by atoms with Crippen LogP contribution in [0.2, 0.25) is 0 Å². The molecule has 2 aromatic rings. The van der Waals surface area contributed by atoms with Gasteiger partial charge in [0.1, 0.15) is 12.1 Å². The summed E-state index contributed by atoms with van der Waals surface area (Å²) < 4.78 is 0. The first-order valence-electron chi connectivity index (χ1n) is 5.53. The molecule has 0 spiro atoms. The summed E-state index contributed by atoms with van der Waals surface area (Å²) in [5.74, 6) is -0.153. The summed E-state index contributed by atoms with van der Waals surface area (Å²) in [5.41, 5.74) is 6.08. The fourth-order valence-electron chi connectivity index (χ4n) is 1.35. The lowest BCUT2D eigenvalue weighted by Crippen LogP contribution is -2.36. The van der Waals surface area contributed by atoms with E-state index < -0.39 is 0 Å². The summed E-state index contributed by atoms with van der Waals surface area (Å²) in [7, 11) is 0. The third kappa shape index (κ3) is 3.81. The van der Waals surface area contributed by atoms with Crippen LogP contribution in [0, 0.1) is 0 Å². The van der Waals surface area contributed by atoms with Crippen molar-refractivity contribution in [1.82, 2.24) is 15.8 Å². The van der Waals surface area contributed by atoms with Crippen LogP contribution in [-0.2, 0) is 0 Å². The van der Waals surface area contributed by atoms with Crippen LogP contribution in [0.1, 0.15) is 10.4 Å². The third-order valence-corrected chi connectivity index (χ3v) is 2.24. The fraction of sp³-hybridized carbons (Fsp3) is 0. The third-order valence-electron chi connectivity index (χ3n) is 2.24. The summed E-state index contributed by atoms with van der Waals surface area (Å²) in [6.07, 6.45) is 4.40. The molecule has 0 fully saturated rings. The number of benzene rings is 1. The monoisotopic (exact) mass is 256 g/mol. The van der Waals surface area contributed by atoms with Gasteiger partial charge in [-0.15, -0.1) is 0 Å². The predicted octanol–water partition coefficient (Wildman–Crippen LogP) is 1.38. The van der Waals surface area contributed by atoms with Crippen molar-refractivity contribution in [3.05, 3.63) is 54.4 Å². The summed E-state index contributed by atoms with van der Waals surface area (Å²) in [6, 6.07) is 9.66. The van der Waals surface area contributed by atoms with Crippen LogP contribution in [0.3, 0.4) is 0 Å². The van der Waals surface area contributed by atoms with Crippen LogP contribution in [-0.4, -0.2) is 22.3 Å². The molecule has 0 aliphatic heterocycles. The van der Waals surface area contributed by atoms with E-state index in [-0.39, 0.29) is 11.7 Å². The topological polar surface area (TPSA) is 86.6 Å². The number of hydrogen-bond acceptors (Lipinski definition) is 4. The number of hydrogen-bond donors (Lipinski definition) is 3. The number of pyridine rings is 1. The van der Waals surface area contributed by atoms with Crippen LogP contribution in [0.15, 0.2) is 53.8 Å². The van der Waals surface area contributed by atoms with E-state index in [0.29, 0.717) is 11.3 Å². The first kappa shape index (κ1) is 12.6. The smallest absolute Gasteiger partial charge is 0.269 e. The molecule has 0 aliphatic carbocycles. The summed E-state index contributed by atoms with van der Waals surface area (Å²) in [6.45, 7) is 0. The van der Waals surface area contributed by atoms with Crippen LogP contribution in [0.4, 0.5) is 5.69 Å². The molecule has 0 aliphatic rings. The van der Waals surface area contributed by atoms with Crippen molar-refractivity contribution in [3.63, 3.8) is 0 Å². The summed E-state index contributed by atoms with van der Waals surface area (Å²) in [5, 5.41) is 9.24. The Morgan fingerprint density at radius 3 is 2.79 bits per heavy atom. The van der Waals surface area contributed by atoms with E-state index in [9.17, 15) is 9.90 Å². The zero-order valence-corrected chi connectivity index (χ0v) is 9.95. The van der Waals surface area contributed by atoms with E-state index in [4.69, 9.17) is 0 Å². The SMILES string of the molecule is O=C(NNC=Nc1cccc(O)c1)c1ccncc1. The van der Waals surface area contributed by atoms with Crippen molar-refractivity contribution >= 4 is 17.9 Å². The van der Waals surface area contributed by atoms with Crippen molar-refractivity contribution < 1.29 is 9.90 Å². The van der Waals surface area contributed by atoms with Gasteiger partial charge in [-0.25, -0.2) is 4.99 Å². The number of nitrogens with one attached hydrogen (secondary N) is 2. The van der Waals surface area contributed by atoms with Crippen LogP contribution in [0.25, 0.3) is 0 Å². The van der Waals surface area contributed by atoms with Gasteiger partial charge in [-0.1, -0.05) is 6.07 Å². The highest BCUT2D eigenvalue weighted by molar-refractivity contribution is 5.94. The second-order valence-corrected chi connectivity index (χ2v) is 3.61. The van der Waals surface area contributed by atoms with Gasteiger partial charge in [-0.2, -0.15) is 0 Å². The van der Waals surface area contributed by atoms with Crippen molar-refractivity contribution in [3.8, 4) is 5.75 Å². The Bertz CT molecular complexity index is 584. The largest absolute Gasteiger partial charge is 0.508 e. The Hall–Kier alpha value is -2.89. The number of amides is 1. The molecule has 1 heterocycles. The average Bonchev–Trinajstić information content (AvgIpc) is 2.44. The van der Waals surface area contributed by atoms with Crippen LogP contribution >= 0.6 is 0 Å². The van der Waals surface area contributed by atoms with Gasteiger partial charge in [0.15, 0.2) is 0 Å². The normalized spacial score (nSPS) is 10.3. The molecule has 0 bridgehead atoms. The number of carbonyl (C=O) groups excluding carboxylic acids is 1. The van der Waals surface area contributed by atoms with Gasteiger partial charge in [0.05, 0.1) is 5.69 Å². The average molecular weight is 256 g/mol. The molecular formula is C13H12N4O2. The molecule has 6 nitrogen and oxygen atoms in total. The molecule has 0 unspecified atom stereocenters. The minimum absolute atomic E-state index is 0.135. The molecule has 3 N–H and O–H groups in total. The van der Waals surface area contributed by atoms with Gasteiger partial charge in [0.2, 0.25) is 0 Å². The molecule has 1 aromatic carbocycles. The Morgan fingerprint density at radius 1 is 1.26 bits per heavy atom. The highest BCUT2D eigenvalue weighted by Crippen LogP contribution is 2.17. The number of phenolic OH excluding ortho intramolecular Hbond substituents is 1. The number of aliphatic imine (C=N–C) groups is 1. The van der Waals surface area contributed by atoms with Crippen molar-refractivity contribution in [2.45, 2.75) is 0 Å². The molecule has 96 valence electrons. The maximum Gasteiger partial charge on any atom is 0.269 e. The minimum Gasteiger partial charge on any atom is -0.508 e. The van der Waals surface area contributed by atoms with Crippen molar-refractivity contribution in [1.29, 1.82) is 0 Å². The van der Waals surface area contributed by atoms with Gasteiger partial charge in [-0.05, 0) is 24.3 Å². The minimum atomic E-state index is -0.287. The van der Waals surface area contributed by atoms with E-state index in [1.165, 1.54) is 24.8 Å². The zero-order chi connectivity index (χ0) is 13.5. The second kappa shape index (κ2) is 6.15. The van der Waals surface area contributed by atoms with E-state index in [1.807, 2.05) is 0 Å². The summed E-state index contributed by atoms with van der Waals surface area (Å²) in [4.78, 5) is 19.4. The number of hydrazine groups is 1. The Kier molecular flexibility index (Phi) is 4.07. The quantitative estimate of drug-likeness (QED) is 0.438. The summed E-state index contributed by atoms with van der Waals surface area (Å²) >= 11 is 0. The Labute approximate surface area is 109 Å². The second-order valence-electron chi connectivity index (χ2n) is 3.61. The maximum atomic E-state index is 11.6. The zero-order valence-electron chi connectivity index (χ0n) is 9.95. The van der Waals surface area contributed by atoms with E-state index >= 15 is 0 Å². The Balaban J connectivity index is 1.85. The van der Waals surface area contributed by atoms with Crippen molar-refractivity contribution in [2.24, 2.45) is 4.99 Å². The number of carbonyl (C=O) groups is 1. The molecular weight excluding hydrogens is 244 g/mol. The lowest BCUT2D eigenvalue weighted by Gasteiger charge is -2.03. The highest BCUT2D eigenvalue weighted by atomic mass is 16.3. The molecule has 0 radical (unpaired) electrons. The lowest BCUT2D eigenvalue weighted by atomic mass is 10.3. The molecule has 0 saturated heterocycles. The molecule has 0 saturated carbocycles. The standard InChI is InChI=1S/C13H12N4O2/c18-12-3-1-2-11(8-12)15-9-16-17-13(19)10-4-6-14-7-5-10/h1-9,18H,(H,15,16)(H,17,19). The van der Waals surface area contributed by atoms with Gasteiger partial charge >= 0.3 is 0 Å². The van der Waals surface area contributed by atoms with Crippen LogP contribution in [0.5, 0.6) is 5.75 Å².